The van der Waals surface area contributed by atoms with Crippen LogP contribution in [-0.4, -0.2) is 11.2 Å². The number of allylic oxidation sites excluding steroid dienone is 4. The van der Waals surface area contributed by atoms with Crippen LogP contribution in [0.4, 0.5) is 0 Å². The van der Waals surface area contributed by atoms with Gasteiger partial charge in [0.15, 0.2) is 5.76 Å². The number of hydrogen-bond acceptors (Lipinski definition) is 3. The first-order chi connectivity index (χ1) is 4.86. The molecule has 0 fully saturated rings. The van der Waals surface area contributed by atoms with Gasteiger partial charge in [-0.1, -0.05) is 6.08 Å². The summed E-state index contributed by atoms with van der Waals surface area (Å²) < 4.78 is 0. The first-order valence-electron chi connectivity index (χ1n) is 2.80. The Morgan fingerprint density at radius 1 is 1.70 bits per heavy atom. The summed E-state index contributed by atoms with van der Waals surface area (Å²) in [6, 6.07) is 0. The Labute approximate surface area is 57.9 Å². The van der Waals surface area contributed by atoms with Crippen molar-refractivity contribution in [3.8, 4) is 0 Å². The highest BCUT2D eigenvalue weighted by molar-refractivity contribution is 5.59. The fraction of sp³-hybridized carbons (Fsp3) is 0.143. The molecule has 1 aliphatic rings. The minimum Gasteiger partial charge on any atom is -0.340 e. The van der Waals surface area contributed by atoms with E-state index in [-0.39, 0.29) is 5.76 Å². The first kappa shape index (κ1) is 6.81. The summed E-state index contributed by atoms with van der Waals surface area (Å²) in [5.41, 5.74) is 0.478. The minimum absolute atomic E-state index is 0.268. The van der Waals surface area contributed by atoms with Crippen LogP contribution < -0.4 is 0 Å². The molecule has 0 spiro atoms. The van der Waals surface area contributed by atoms with Gasteiger partial charge >= 0.3 is 0 Å². The zero-order valence-electron chi connectivity index (χ0n) is 5.20. The topological polar surface area (TPSA) is 46.5 Å². The normalized spacial score (nSPS) is 16.1. The van der Waals surface area contributed by atoms with Crippen molar-refractivity contribution in [1.29, 1.82) is 0 Å². The number of hydrogen-bond donors (Lipinski definition) is 1. The molecule has 0 saturated carbocycles. The summed E-state index contributed by atoms with van der Waals surface area (Å²) in [5, 5.41) is 8.14. The highest BCUT2D eigenvalue weighted by Crippen LogP contribution is 2.12. The average molecular weight is 138 g/mol. The van der Waals surface area contributed by atoms with Crippen LogP contribution in [0.25, 0.3) is 0 Å². The van der Waals surface area contributed by atoms with Crippen LogP contribution in [0.3, 0.4) is 0 Å². The summed E-state index contributed by atoms with van der Waals surface area (Å²) in [6.45, 7) is 0. The lowest BCUT2D eigenvalue weighted by molar-refractivity contribution is -0.198. The van der Waals surface area contributed by atoms with Crippen molar-refractivity contribution in [3.05, 3.63) is 29.6 Å². The van der Waals surface area contributed by atoms with Gasteiger partial charge in [0.05, 0.1) is 0 Å². The molecular weight excluding hydrogens is 132 g/mol. The highest BCUT2D eigenvalue weighted by atomic mass is 17.1. The van der Waals surface area contributed by atoms with E-state index >= 15 is 0 Å². The van der Waals surface area contributed by atoms with Gasteiger partial charge in [0.1, 0.15) is 5.94 Å². The fourth-order valence-corrected chi connectivity index (χ4v) is 0.709. The second-order valence-electron chi connectivity index (χ2n) is 1.87. The molecule has 0 aromatic rings. The molecule has 0 aliphatic heterocycles. The second kappa shape index (κ2) is 3.01. The van der Waals surface area contributed by atoms with Gasteiger partial charge in [-0.15, -0.1) is 0 Å². The summed E-state index contributed by atoms with van der Waals surface area (Å²) in [4.78, 5) is 13.9. The smallest absolute Gasteiger partial charge is 0.165 e. The van der Waals surface area contributed by atoms with Crippen LogP contribution >= 0.6 is 0 Å². The van der Waals surface area contributed by atoms with Gasteiger partial charge < -0.3 is 4.89 Å². The average Bonchev–Trinajstić information content (AvgIpc) is 2.05. The van der Waals surface area contributed by atoms with E-state index in [1.54, 1.807) is 18.1 Å². The minimum atomic E-state index is 0.268. The summed E-state index contributed by atoms with van der Waals surface area (Å²) in [6.07, 6.45) is 5.29. The maximum Gasteiger partial charge on any atom is 0.165 e. The molecule has 3 heteroatoms. The molecule has 0 unspecified atom stereocenters. The third-order valence-corrected chi connectivity index (χ3v) is 1.17. The monoisotopic (exact) mass is 138 g/mol. The Morgan fingerprint density at radius 3 is 3.10 bits per heavy atom. The molecule has 1 rings (SSSR count). The molecule has 3 nitrogen and oxygen atoms in total. The van der Waals surface area contributed by atoms with Gasteiger partial charge in [-0.3, -0.25) is 0 Å². The zero-order valence-corrected chi connectivity index (χ0v) is 5.20. The lowest BCUT2D eigenvalue weighted by atomic mass is 10.1. The molecule has 1 aliphatic carbocycles. The van der Waals surface area contributed by atoms with Crippen LogP contribution in [0.5, 0.6) is 0 Å². The molecule has 52 valence electrons. The Morgan fingerprint density at radius 2 is 2.50 bits per heavy atom. The van der Waals surface area contributed by atoms with E-state index in [9.17, 15) is 4.79 Å². The maximum absolute atomic E-state index is 10.0. The van der Waals surface area contributed by atoms with Crippen molar-refractivity contribution in [2.45, 2.75) is 6.42 Å². The molecule has 0 bridgehead atoms. The third-order valence-electron chi connectivity index (χ3n) is 1.17. The van der Waals surface area contributed by atoms with Gasteiger partial charge in [0.2, 0.25) is 0 Å². The molecule has 0 heterocycles. The Balaban J connectivity index is 2.84. The molecular formula is C7H6O3. The predicted octanol–water partition coefficient (Wildman–Crippen LogP) is 1.08. The fourth-order valence-electron chi connectivity index (χ4n) is 0.709. The van der Waals surface area contributed by atoms with E-state index in [4.69, 9.17) is 5.26 Å². The van der Waals surface area contributed by atoms with Crippen molar-refractivity contribution in [1.82, 2.24) is 0 Å². The van der Waals surface area contributed by atoms with Gasteiger partial charge in [-0.05, 0) is 12.2 Å². The standard InChI is InChI=1S/C7H6O3/c8-5-6-2-1-3-7(4-6)10-9/h1,3-4,9H,2H2. The summed E-state index contributed by atoms with van der Waals surface area (Å²) >= 11 is 0. The van der Waals surface area contributed by atoms with Crippen LogP contribution in [0.15, 0.2) is 29.6 Å². The Hall–Kier alpha value is -1.31. The van der Waals surface area contributed by atoms with Crippen molar-refractivity contribution in [2.24, 2.45) is 0 Å². The van der Waals surface area contributed by atoms with Gasteiger partial charge in [0, 0.05) is 12.0 Å². The molecule has 0 amide bonds. The predicted molar refractivity (Wildman–Crippen MR) is 34.8 cm³/mol. The largest absolute Gasteiger partial charge is 0.340 e. The first-order valence-corrected chi connectivity index (χ1v) is 2.80. The van der Waals surface area contributed by atoms with Crippen molar-refractivity contribution >= 4 is 5.94 Å². The number of carbonyl (C=O) groups excluding carboxylic acids is 1. The van der Waals surface area contributed by atoms with Crippen LogP contribution in [0, 0.1) is 0 Å². The van der Waals surface area contributed by atoms with E-state index in [2.05, 4.69) is 4.89 Å². The Bertz CT molecular complexity index is 231. The van der Waals surface area contributed by atoms with Crippen molar-refractivity contribution in [3.63, 3.8) is 0 Å². The molecule has 10 heavy (non-hydrogen) atoms. The lowest BCUT2D eigenvalue weighted by Gasteiger charge is -2.01. The van der Waals surface area contributed by atoms with E-state index in [0.717, 1.165) is 0 Å². The molecule has 0 aromatic carbocycles. The molecule has 0 radical (unpaired) electrons. The number of rotatable bonds is 1. The second-order valence-corrected chi connectivity index (χ2v) is 1.87. The van der Waals surface area contributed by atoms with Gasteiger partial charge in [-0.2, -0.15) is 0 Å². The van der Waals surface area contributed by atoms with Crippen molar-refractivity contribution < 1.29 is 14.9 Å². The highest BCUT2D eigenvalue weighted by Gasteiger charge is 2.01. The maximum atomic E-state index is 10.0. The molecule has 0 saturated heterocycles. The summed E-state index contributed by atoms with van der Waals surface area (Å²) in [5.74, 6) is 1.98. The van der Waals surface area contributed by atoms with E-state index in [1.807, 2.05) is 0 Å². The van der Waals surface area contributed by atoms with Crippen LogP contribution in [-0.2, 0) is 9.68 Å². The Kier molecular flexibility index (Phi) is 2.05. The van der Waals surface area contributed by atoms with E-state index < -0.39 is 0 Å². The molecule has 1 N–H and O–H groups in total. The van der Waals surface area contributed by atoms with Crippen molar-refractivity contribution in [2.75, 3.05) is 0 Å². The van der Waals surface area contributed by atoms with Crippen LogP contribution in [0.1, 0.15) is 6.42 Å². The molecule has 0 atom stereocenters. The third kappa shape index (κ3) is 1.35. The zero-order chi connectivity index (χ0) is 7.40. The van der Waals surface area contributed by atoms with E-state index in [1.165, 1.54) is 6.08 Å². The quantitative estimate of drug-likeness (QED) is 0.335. The molecule has 0 aromatic heterocycles. The van der Waals surface area contributed by atoms with E-state index in [0.29, 0.717) is 12.0 Å². The SMILES string of the molecule is O=C=C1C=C(OO)C=CC1. The summed E-state index contributed by atoms with van der Waals surface area (Å²) in [7, 11) is 0. The van der Waals surface area contributed by atoms with Gasteiger partial charge in [0.25, 0.3) is 0 Å². The van der Waals surface area contributed by atoms with Gasteiger partial charge in [-0.25, -0.2) is 10.1 Å². The lowest BCUT2D eigenvalue weighted by Crippen LogP contribution is -1.90. The van der Waals surface area contributed by atoms with Crippen LogP contribution in [0.2, 0.25) is 0 Å².